The zero-order valence-electron chi connectivity index (χ0n) is 26.4. The van der Waals surface area contributed by atoms with Crippen molar-refractivity contribution in [2.45, 2.75) is 56.8 Å². The third kappa shape index (κ3) is 7.35. The summed E-state index contributed by atoms with van der Waals surface area (Å²) in [5.41, 5.74) is -1.95. The van der Waals surface area contributed by atoms with Gasteiger partial charge in [-0.1, -0.05) is 19.9 Å². The molecule has 4 aromatic rings. The van der Waals surface area contributed by atoms with Crippen molar-refractivity contribution in [3.63, 3.8) is 0 Å². The Labute approximate surface area is 271 Å². The SMILES string of the molecule is COc1ccc(F)cc1C(C)(C)CC(O)(CNc1cc(C)cc2c1cnn2-c1cccc(C(=O)NC2CCS(O)(O)C2)c1)C(F)(F)F. The van der Waals surface area contributed by atoms with Crippen molar-refractivity contribution in [3.05, 3.63) is 83.3 Å². The molecule has 3 aromatic carbocycles. The van der Waals surface area contributed by atoms with E-state index in [-0.39, 0.29) is 34.8 Å². The number of carbonyl (C=O) groups excluding carboxylic acids is 1. The van der Waals surface area contributed by atoms with Crippen LogP contribution in [-0.4, -0.2) is 72.9 Å². The molecule has 2 unspecified atom stereocenters. The zero-order valence-corrected chi connectivity index (χ0v) is 27.2. The second-order valence-electron chi connectivity index (χ2n) is 12.8. The van der Waals surface area contributed by atoms with Crippen LogP contribution >= 0.6 is 10.6 Å². The number of aliphatic hydroxyl groups is 1. The Morgan fingerprint density at radius 3 is 2.53 bits per heavy atom. The molecule has 1 aliphatic heterocycles. The lowest BCUT2D eigenvalue weighted by molar-refractivity contribution is -0.260. The maximum atomic E-state index is 14.5. The first kappa shape index (κ1) is 34.5. The summed E-state index contributed by atoms with van der Waals surface area (Å²) in [4.78, 5) is 13.0. The lowest BCUT2D eigenvalue weighted by Gasteiger charge is -2.38. The molecule has 2 atom stereocenters. The number of ether oxygens (including phenoxy) is 1. The average molecular weight is 679 g/mol. The fourth-order valence-electron chi connectivity index (χ4n) is 6.14. The number of alkyl halides is 3. The lowest BCUT2D eigenvalue weighted by Crippen LogP contribution is -2.53. The van der Waals surface area contributed by atoms with Crippen LogP contribution in [0.5, 0.6) is 5.75 Å². The molecule has 5 rings (SSSR count). The Bertz CT molecular complexity index is 1790. The molecule has 0 saturated carbocycles. The second-order valence-corrected chi connectivity index (χ2v) is 15.1. The van der Waals surface area contributed by atoms with E-state index in [4.69, 9.17) is 4.74 Å². The highest BCUT2D eigenvalue weighted by Gasteiger charge is 2.56. The number of rotatable bonds is 10. The van der Waals surface area contributed by atoms with Crippen molar-refractivity contribution in [2.75, 3.05) is 30.5 Å². The first-order valence-corrected chi connectivity index (χ1v) is 16.8. The van der Waals surface area contributed by atoms with Gasteiger partial charge in [0, 0.05) is 34.0 Å². The summed E-state index contributed by atoms with van der Waals surface area (Å²) in [5, 5.41) is 21.7. The molecule has 1 fully saturated rings. The Hall–Kier alpha value is -3.85. The van der Waals surface area contributed by atoms with Gasteiger partial charge in [0.1, 0.15) is 11.6 Å². The molecule has 1 amide bonds. The number of benzene rings is 3. The molecule has 1 aromatic heterocycles. The minimum atomic E-state index is -5.04. The summed E-state index contributed by atoms with van der Waals surface area (Å²) >= 11 is 0. The molecule has 1 saturated heterocycles. The van der Waals surface area contributed by atoms with Crippen LogP contribution in [0.25, 0.3) is 16.6 Å². The first-order chi connectivity index (χ1) is 21.9. The normalized spacial score (nSPS) is 18.5. The molecular weight excluding hydrogens is 640 g/mol. The van der Waals surface area contributed by atoms with E-state index in [0.29, 0.717) is 39.8 Å². The predicted molar refractivity (Wildman–Crippen MR) is 174 cm³/mol. The lowest BCUT2D eigenvalue weighted by atomic mass is 9.74. The number of hydrogen-bond donors (Lipinski definition) is 5. The van der Waals surface area contributed by atoms with Gasteiger partial charge in [0.15, 0.2) is 5.60 Å². The third-order valence-corrected chi connectivity index (χ3v) is 10.3. The van der Waals surface area contributed by atoms with Crippen LogP contribution in [0.15, 0.2) is 60.8 Å². The van der Waals surface area contributed by atoms with Gasteiger partial charge in [-0.15, -0.1) is 0 Å². The van der Waals surface area contributed by atoms with Gasteiger partial charge in [0.05, 0.1) is 36.8 Å². The van der Waals surface area contributed by atoms with Crippen molar-refractivity contribution in [2.24, 2.45) is 0 Å². The zero-order chi connectivity index (χ0) is 34.4. The molecular formula is C33H38F4N4O5S. The van der Waals surface area contributed by atoms with E-state index in [2.05, 4.69) is 15.7 Å². The number of anilines is 1. The molecule has 0 aliphatic carbocycles. The highest BCUT2D eigenvalue weighted by Crippen LogP contribution is 2.46. The van der Waals surface area contributed by atoms with Gasteiger partial charge in [0.25, 0.3) is 5.91 Å². The number of nitrogens with zero attached hydrogens (tertiary/aromatic N) is 2. The first-order valence-electron chi connectivity index (χ1n) is 14.9. The van der Waals surface area contributed by atoms with Gasteiger partial charge in [-0.3, -0.25) is 13.9 Å². The molecule has 1 aliphatic rings. The molecule has 0 radical (unpaired) electrons. The second kappa shape index (κ2) is 12.6. The molecule has 2 heterocycles. The highest BCUT2D eigenvalue weighted by atomic mass is 32.3. The maximum absolute atomic E-state index is 14.5. The summed E-state index contributed by atoms with van der Waals surface area (Å²) in [6.45, 7) is 3.85. The fraction of sp³-hybridized carbons (Fsp3) is 0.394. The van der Waals surface area contributed by atoms with Crippen molar-refractivity contribution >= 4 is 33.1 Å². The van der Waals surface area contributed by atoms with Crippen molar-refractivity contribution in [3.8, 4) is 11.4 Å². The van der Waals surface area contributed by atoms with E-state index in [0.717, 1.165) is 12.1 Å². The number of aromatic nitrogens is 2. The van der Waals surface area contributed by atoms with Crippen molar-refractivity contribution in [1.82, 2.24) is 15.1 Å². The molecule has 254 valence electrons. The quantitative estimate of drug-likeness (QED) is 0.117. The summed E-state index contributed by atoms with van der Waals surface area (Å²) < 4.78 is 84.4. The predicted octanol–water partition coefficient (Wildman–Crippen LogP) is 6.81. The molecule has 0 bridgehead atoms. The Kier molecular flexibility index (Phi) is 9.27. The third-order valence-electron chi connectivity index (χ3n) is 8.51. The minimum Gasteiger partial charge on any atom is -0.496 e. The Balaban J connectivity index is 1.41. The van der Waals surface area contributed by atoms with Crippen LogP contribution in [0.1, 0.15) is 48.2 Å². The van der Waals surface area contributed by atoms with E-state index >= 15 is 0 Å². The van der Waals surface area contributed by atoms with Gasteiger partial charge in [-0.2, -0.15) is 28.9 Å². The van der Waals surface area contributed by atoms with Crippen LogP contribution < -0.4 is 15.4 Å². The number of aryl methyl sites for hydroxylation is 1. The smallest absolute Gasteiger partial charge is 0.418 e. The van der Waals surface area contributed by atoms with E-state index in [1.54, 1.807) is 48.0 Å². The Morgan fingerprint density at radius 2 is 1.87 bits per heavy atom. The molecule has 0 spiro atoms. The standard InChI is InChI=1S/C33H38F4N4O5S/c1-20-12-27(38-19-32(43,33(35,36)37)18-31(2,3)26-15-22(34)8-9-29(26)46-4)25-16-39-41(28(25)13-20)24-7-5-6-21(14-24)30(42)40-23-10-11-47(44,45)17-23/h5-9,12-16,23,38,43-45H,10-11,17-19H2,1-4H3,(H,40,42). The van der Waals surface area contributed by atoms with Gasteiger partial charge in [0.2, 0.25) is 0 Å². The Morgan fingerprint density at radius 1 is 1.13 bits per heavy atom. The average Bonchev–Trinajstić information content (AvgIpc) is 3.57. The van der Waals surface area contributed by atoms with E-state index in [9.17, 15) is 36.6 Å². The van der Waals surface area contributed by atoms with Gasteiger partial charge < -0.3 is 20.5 Å². The van der Waals surface area contributed by atoms with E-state index < -0.39 is 46.6 Å². The molecule has 5 N–H and O–H groups in total. The number of carbonyl (C=O) groups is 1. The molecule has 14 heteroatoms. The summed E-state index contributed by atoms with van der Waals surface area (Å²) in [6.07, 6.45) is -3.88. The van der Waals surface area contributed by atoms with Crippen LogP contribution in [0, 0.1) is 12.7 Å². The number of fused-ring (bicyclic) bond motifs is 1. The molecule has 47 heavy (non-hydrogen) atoms. The number of nitrogens with one attached hydrogen (secondary N) is 2. The van der Waals surface area contributed by atoms with Gasteiger partial charge in [-0.05, 0) is 79.3 Å². The van der Waals surface area contributed by atoms with Crippen LogP contribution in [0.2, 0.25) is 0 Å². The van der Waals surface area contributed by atoms with Crippen molar-refractivity contribution in [1.29, 1.82) is 0 Å². The summed E-state index contributed by atoms with van der Waals surface area (Å²) in [7, 11) is -1.34. The summed E-state index contributed by atoms with van der Waals surface area (Å²) in [5.74, 6) is -0.458. The number of amides is 1. The molecule has 9 nitrogen and oxygen atoms in total. The highest BCUT2D eigenvalue weighted by molar-refractivity contribution is 8.24. The van der Waals surface area contributed by atoms with E-state index in [1.165, 1.54) is 33.2 Å². The van der Waals surface area contributed by atoms with Crippen LogP contribution in [-0.2, 0) is 5.41 Å². The summed E-state index contributed by atoms with van der Waals surface area (Å²) in [6, 6.07) is 13.4. The van der Waals surface area contributed by atoms with Crippen molar-refractivity contribution < 1.29 is 41.3 Å². The number of methoxy groups -OCH3 is 1. The van der Waals surface area contributed by atoms with Gasteiger partial charge >= 0.3 is 6.18 Å². The largest absolute Gasteiger partial charge is 0.496 e. The topological polar surface area (TPSA) is 129 Å². The van der Waals surface area contributed by atoms with Crippen LogP contribution in [0.4, 0.5) is 23.2 Å². The van der Waals surface area contributed by atoms with Gasteiger partial charge in [-0.25, -0.2) is 9.07 Å². The number of hydrogen-bond acceptors (Lipinski definition) is 7. The number of halogens is 4. The fourth-order valence-corrected chi connectivity index (χ4v) is 7.86. The van der Waals surface area contributed by atoms with Crippen LogP contribution in [0.3, 0.4) is 0 Å². The minimum absolute atomic E-state index is 0.108. The monoisotopic (exact) mass is 678 g/mol. The van der Waals surface area contributed by atoms with E-state index in [1.807, 2.05) is 0 Å². The maximum Gasteiger partial charge on any atom is 0.418 e.